The molecule has 0 bridgehead atoms. The van der Waals surface area contributed by atoms with Crippen LogP contribution < -0.4 is 11.1 Å². The van der Waals surface area contributed by atoms with Crippen molar-refractivity contribution in [3.8, 4) is 0 Å². The molecule has 6 nitrogen and oxygen atoms in total. The molecule has 0 radical (unpaired) electrons. The van der Waals surface area contributed by atoms with Crippen LogP contribution in [0, 0.1) is 0 Å². The van der Waals surface area contributed by atoms with Gasteiger partial charge in [0.25, 0.3) is 0 Å². The quantitative estimate of drug-likeness (QED) is 0.539. The van der Waals surface area contributed by atoms with Gasteiger partial charge in [-0.25, -0.2) is 4.98 Å². The first-order chi connectivity index (χ1) is 8.24. The second-order valence-corrected chi connectivity index (χ2v) is 3.67. The van der Waals surface area contributed by atoms with Gasteiger partial charge in [-0.1, -0.05) is 0 Å². The van der Waals surface area contributed by atoms with Crippen molar-refractivity contribution in [2.24, 2.45) is 0 Å². The van der Waals surface area contributed by atoms with Crippen LogP contribution in [0.4, 0.5) is 11.5 Å². The van der Waals surface area contributed by atoms with Gasteiger partial charge in [0.2, 0.25) is 5.28 Å². The first kappa shape index (κ1) is 14.0. The van der Waals surface area contributed by atoms with Crippen LogP contribution in [-0.4, -0.2) is 43.4 Å². The minimum Gasteiger partial charge on any atom is -0.394 e. The van der Waals surface area contributed by atoms with Gasteiger partial charge in [-0.05, 0) is 18.0 Å². The van der Waals surface area contributed by atoms with E-state index < -0.39 is 0 Å². The molecule has 0 saturated heterocycles. The summed E-state index contributed by atoms with van der Waals surface area (Å²) in [5.74, 6) is 0.557. The van der Waals surface area contributed by atoms with Crippen LogP contribution in [0.2, 0.25) is 5.28 Å². The zero-order valence-corrected chi connectivity index (χ0v) is 10.5. The number of anilines is 2. The lowest BCUT2D eigenvalue weighted by Gasteiger charge is -2.08. The number of hydrogen-bond acceptors (Lipinski definition) is 6. The van der Waals surface area contributed by atoms with E-state index in [-0.39, 0.29) is 5.28 Å². The Hall–Kier alpha value is -1.11. The molecule has 0 unspecified atom stereocenters. The Balaban J connectivity index is 2.15. The van der Waals surface area contributed by atoms with Gasteiger partial charge in [-0.2, -0.15) is 4.98 Å². The summed E-state index contributed by atoms with van der Waals surface area (Å²) in [5, 5.41) is 3.25. The van der Waals surface area contributed by atoms with E-state index in [2.05, 4.69) is 15.3 Å². The topological polar surface area (TPSA) is 82.3 Å². The van der Waals surface area contributed by atoms with Crippen molar-refractivity contribution in [2.75, 3.05) is 44.5 Å². The highest BCUT2D eigenvalue weighted by molar-refractivity contribution is 6.28. The zero-order chi connectivity index (χ0) is 12.5. The molecule has 17 heavy (non-hydrogen) atoms. The third-order valence-corrected chi connectivity index (χ3v) is 2.16. The molecule has 3 N–H and O–H groups in total. The fourth-order valence-electron chi connectivity index (χ4n) is 1.14. The van der Waals surface area contributed by atoms with E-state index in [9.17, 15) is 0 Å². The fourth-order valence-corrected chi connectivity index (χ4v) is 1.27. The van der Waals surface area contributed by atoms with Gasteiger partial charge in [0, 0.05) is 20.3 Å². The number of nitrogen functional groups attached to an aromatic ring is 1. The molecular formula is C10H17ClN4O2. The number of rotatable bonds is 8. The van der Waals surface area contributed by atoms with Crippen LogP contribution in [0.25, 0.3) is 0 Å². The first-order valence-corrected chi connectivity index (χ1v) is 5.70. The van der Waals surface area contributed by atoms with Gasteiger partial charge in [0.1, 0.15) is 0 Å². The summed E-state index contributed by atoms with van der Waals surface area (Å²) >= 11 is 5.66. The van der Waals surface area contributed by atoms with E-state index in [1.165, 1.54) is 6.20 Å². The van der Waals surface area contributed by atoms with E-state index in [1.807, 2.05) is 0 Å². The average Bonchev–Trinajstić information content (AvgIpc) is 2.32. The Labute approximate surface area is 105 Å². The van der Waals surface area contributed by atoms with Crippen molar-refractivity contribution in [3.05, 3.63) is 11.5 Å². The lowest BCUT2D eigenvalue weighted by atomic mass is 10.4. The number of nitrogens with two attached hydrogens (primary N) is 1. The summed E-state index contributed by atoms with van der Waals surface area (Å²) in [5.41, 5.74) is 6.16. The Morgan fingerprint density at radius 2 is 2.24 bits per heavy atom. The fraction of sp³-hybridized carbons (Fsp3) is 0.600. The van der Waals surface area contributed by atoms with Crippen LogP contribution in [0.3, 0.4) is 0 Å². The molecule has 0 spiro atoms. The highest BCUT2D eigenvalue weighted by Crippen LogP contribution is 2.15. The smallest absolute Gasteiger partial charge is 0.224 e. The van der Waals surface area contributed by atoms with Gasteiger partial charge in [-0.15, -0.1) is 0 Å². The molecule has 1 rings (SSSR count). The zero-order valence-electron chi connectivity index (χ0n) is 9.78. The molecule has 96 valence electrons. The molecule has 0 aromatic carbocycles. The minimum absolute atomic E-state index is 0.179. The Morgan fingerprint density at radius 3 is 3.00 bits per heavy atom. The van der Waals surface area contributed by atoms with Gasteiger partial charge < -0.3 is 20.5 Å². The predicted octanol–water partition coefficient (Wildman–Crippen LogP) is 1.18. The van der Waals surface area contributed by atoms with E-state index in [0.29, 0.717) is 37.9 Å². The highest BCUT2D eigenvalue weighted by Gasteiger charge is 2.01. The predicted molar refractivity (Wildman–Crippen MR) is 67.3 cm³/mol. The summed E-state index contributed by atoms with van der Waals surface area (Å²) in [7, 11) is 1.65. The molecule has 0 atom stereocenters. The van der Waals surface area contributed by atoms with Crippen molar-refractivity contribution < 1.29 is 9.47 Å². The summed E-state index contributed by atoms with van der Waals surface area (Å²) in [6, 6.07) is 0. The SMILES string of the molecule is COCCOCCCNc1nc(Cl)ncc1N. The normalized spacial score (nSPS) is 10.5. The van der Waals surface area contributed by atoms with Crippen molar-refractivity contribution >= 4 is 23.1 Å². The Bertz CT molecular complexity index is 338. The number of halogens is 1. The second-order valence-electron chi connectivity index (χ2n) is 3.33. The first-order valence-electron chi connectivity index (χ1n) is 5.32. The van der Waals surface area contributed by atoms with E-state index in [1.54, 1.807) is 7.11 Å². The number of hydrogen-bond donors (Lipinski definition) is 2. The van der Waals surface area contributed by atoms with Crippen LogP contribution in [0.1, 0.15) is 6.42 Å². The molecule has 0 saturated carbocycles. The summed E-state index contributed by atoms with van der Waals surface area (Å²) in [6.45, 7) is 2.60. The molecule has 1 aromatic heterocycles. The van der Waals surface area contributed by atoms with Crippen LogP contribution in [-0.2, 0) is 9.47 Å². The molecule has 0 aliphatic rings. The molecule has 0 fully saturated rings. The van der Waals surface area contributed by atoms with Crippen molar-refractivity contribution in [2.45, 2.75) is 6.42 Å². The Kier molecular flexibility index (Phi) is 6.61. The molecule has 1 aromatic rings. The van der Waals surface area contributed by atoms with Crippen molar-refractivity contribution in [1.82, 2.24) is 9.97 Å². The monoisotopic (exact) mass is 260 g/mol. The van der Waals surface area contributed by atoms with E-state index in [4.69, 9.17) is 26.8 Å². The van der Waals surface area contributed by atoms with Gasteiger partial charge in [0.05, 0.1) is 25.1 Å². The van der Waals surface area contributed by atoms with E-state index in [0.717, 1.165) is 6.42 Å². The van der Waals surface area contributed by atoms with E-state index >= 15 is 0 Å². The summed E-state index contributed by atoms with van der Waals surface area (Å²) in [6.07, 6.45) is 2.33. The number of nitrogens with one attached hydrogen (secondary N) is 1. The van der Waals surface area contributed by atoms with Crippen LogP contribution in [0.15, 0.2) is 6.20 Å². The maximum Gasteiger partial charge on any atom is 0.224 e. The van der Waals surface area contributed by atoms with Crippen molar-refractivity contribution in [3.63, 3.8) is 0 Å². The highest BCUT2D eigenvalue weighted by atomic mass is 35.5. The standard InChI is InChI=1S/C10H17ClN4O2/c1-16-5-6-17-4-2-3-13-9-8(12)7-14-10(11)15-9/h7H,2-6,12H2,1H3,(H,13,14,15). The maximum atomic E-state index is 5.68. The molecule has 7 heteroatoms. The molecule has 1 heterocycles. The Morgan fingerprint density at radius 1 is 1.41 bits per heavy atom. The molecule has 0 aliphatic heterocycles. The lowest BCUT2D eigenvalue weighted by molar-refractivity contribution is 0.0705. The largest absolute Gasteiger partial charge is 0.394 e. The average molecular weight is 261 g/mol. The number of methoxy groups -OCH3 is 1. The van der Waals surface area contributed by atoms with Gasteiger partial charge in [-0.3, -0.25) is 0 Å². The number of aromatic nitrogens is 2. The van der Waals surface area contributed by atoms with Crippen LogP contribution >= 0.6 is 11.6 Å². The van der Waals surface area contributed by atoms with Crippen molar-refractivity contribution in [1.29, 1.82) is 0 Å². The molecular weight excluding hydrogens is 244 g/mol. The summed E-state index contributed by atoms with van der Waals surface area (Å²) in [4.78, 5) is 7.75. The third-order valence-electron chi connectivity index (χ3n) is 1.98. The third kappa shape index (κ3) is 5.67. The molecule has 0 amide bonds. The van der Waals surface area contributed by atoms with Crippen LogP contribution in [0.5, 0.6) is 0 Å². The second kappa shape index (κ2) is 8.05. The number of nitrogens with zero attached hydrogens (tertiary/aromatic N) is 2. The lowest BCUT2D eigenvalue weighted by Crippen LogP contribution is -2.10. The minimum atomic E-state index is 0.179. The molecule has 0 aliphatic carbocycles. The maximum absolute atomic E-state index is 5.68. The summed E-state index contributed by atoms with van der Waals surface area (Å²) < 4.78 is 10.2. The number of ether oxygens (including phenoxy) is 2. The van der Waals surface area contributed by atoms with Gasteiger partial charge in [0.15, 0.2) is 5.82 Å². The van der Waals surface area contributed by atoms with Gasteiger partial charge >= 0.3 is 0 Å².